The van der Waals surface area contributed by atoms with Gasteiger partial charge in [0.25, 0.3) is 0 Å². The third kappa shape index (κ3) is 4.81. The Hall–Kier alpha value is -1.50. The van der Waals surface area contributed by atoms with Crippen LogP contribution in [-0.2, 0) is 11.2 Å². The lowest BCUT2D eigenvalue weighted by molar-refractivity contribution is 0.122. The molecule has 2 heterocycles. The van der Waals surface area contributed by atoms with Crippen LogP contribution in [0.3, 0.4) is 0 Å². The molecule has 146 valence electrons. The van der Waals surface area contributed by atoms with Crippen molar-refractivity contribution in [3.8, 4) is 11.5 Å². The van der Waals surface area contributed by atoms with E-state index in [0.717, 1.165) is 62.9 Å². The lowest BCUT2D eigenvalue weighted by Crippen LogP contribution is -2.44. The van der Waals surface area contributed by atoms with E-state index in [0.29, 0.717) is 0 Å². The topological polar surface area (TPSA) is 37.4 Å². The van der Waals surface area contributed by atoms with Crippen LogP contribution in [0.25, 0.3) is 0 Å². The molecule has 0 atom stereocenters. The van der Waals surface area contributed by atoms with Gasteiger partial charge in [0.15, 0.2) is 0 Å². The van der Waals surface area contributed by atoms with E-state index in [-0.39, 0.29) is 0 Å². The summed E-state index contributed by atoms with van der Waals surface area (Å²) in [6.45, 7) is 9.14. The lowest BCUT2D eigenvalue weighted by Gasteiger charge is -2.32. The second kappa shape index (κ2) is 9.44. The average molecular weight is 364 g/mol. The Morgan fingerprint density at radius 3 is 2.27 bits per heavy atom. The van der Waals surface area contributed by atoms with Gasteiger partial charge < -0.3 is 28.9 Å². The van der Waals surface area contributed by atoms with E-state index < -0.39 is 0 Å². The zero-order chi connectivity index (χ0) is 18.4. The third-order valence-corrected chi connectivity index (χ3v) is 5.45. The Morgan fingerprint density at radius 1 is 0.923 bits per heavy atom. The van der Waals surface area contributed by atoms with Crippen molar-refractivity contribution in [2.75, 3.05) is 85.2 Å². The molecular formula is C20H33N3O3. The fraction of sp³-hybridized carbons (Fsp3) is 0.700. The Bertz CT molecular complexity index is 568. The van der Waals surface area contributed by atoms with Gasteiger partial charge in [-0.3, -0.25) is 0 Å². The number of anilines is 1. The largest absolute Gasteiger partial charge is 0.496 e. The van der Waals surface area contributed by atoms with E-state index in [1.165, 1.54) is 31.7 Å². The number of hydrogen-bond donors (Lipinski definition) is 0. The van der Waals surface area contributed by atoms with E-state index in [9.17, 15) is 0 Å². The van der Waals surface area contributed by atoms with E-state index in [1.807, 2.05) is 0 Å². The highest BCUT2D eigenvalue weighted by molar-refractivity contribution is 5.64. The first kappa shape index (κ1) is 19.3. The number of benzene rings is 1. The van der Waals surface area contributed by atoms with Gasteiger partial charge in [0.05, 0.1) is 33.1 Å². The molecule has 3 rings (SSSR count). The number of nitrogens with zero attached hydrogens (tertiary/aromatic N) is 3. The van der Waals surface area contributed by atoms with Crippen LogP contribution >= 0.6 is 0 Å². The molecule has 6 nitrogen and oxygen atoms in total. The Balaban J connectivity index is 1.64. The monoisotopic (exact) mass is 363 g/mol. The van der Waals surface area contributed by atoms with Crippen LogP contribution < -0.4 is 14.4 Å². The van der Waals surface area contributed by atoms with Gasteiger partial charge in [0.2, 0.25) is 0 Å². The molecule has 6 heteroatoms. The predicted molar refractivity (Wildman–Crippen MR) is 105 cm³/mol. The van der Waals surface area contributed by atoms with Crippen molar-refractivity contribution < 1.29 is 14.2 Å². The molecular weight excluding hydrogens is 330 g/mol. The first-order valence-corrected chi connectivity index (χ1v) is 9.69. The summed E-state index contributed by atoms with van der Waals surface area (Å²) < 4.78 is 16.9. The highest BCUT2D eigenvalue weighted by Gasteiger charge is 2.19. The predicted octanol–water partition coefficient (Wildman–Crippen LogP) is 1.72. The van der Waals surface area contributed by atoms with Gasteiger partial charge >= 0.3 is 0 Å². The number of aryl methyl sites for hydroxylation is 1. The van der Waals surface area contributed by atoms with Crippen LogP contribution in [0.5, 0.6) is 11.5 Å². The smallest absolute Gasteiger partial charge is 0.142 e. The Morgan fingerprint density at radius 2 is 1.62 bits per heavy atom. The number of ether oxygens (including phenoxy) is 3. The van der Waals surface area contributed by atoms with Crippen molar-refractivity contribution in [3.63, 3.8) is 0 Å². The molecule has 0 saturated carbocycles. The lowest BCUT2D eigenvalue weighted by atomic mass is 10.1. The SMILES string of the molecule is COc1cc(N2CCOCC2)c(OC)cc1CCCN1CCN(C)CC1. The van der Waals surface area contributed by atoms with Crippen LogP contribution in [0.2, 0.25) is 0 Å². The zero-order valence-corrected chi connectivity index (χ0v) is 16.5. The molecule has 2 fully saturated rings. The number of piperazine rings is 1. The average Bonchev–Trinajstić information content (AvgIpc) is 2.69. The highest BCUT2D eigenvalue weighted by Crippen LogP contribution is 2.36. The normalized spacial score (nSPS) is 19.6. The Kier molecular flexibility index (Phi) is 7.00. The molecule has 0 spiro atoms. The van der Waals surface area contributed by atoms with Crippen LogP contribution in [0.1, 0.15) is 12.0 Å². The molecule has 0 unspecified atom stereocenters. The molecule has 2 saturated heterocycles. The van der Waals surface area contributed by atoms with E-state index in [2.05, 4.69) is 33.9 Å². The summed E-state index contributed by atoms with van der Waals surface area (Å²) in [4.78, 5) is 7.28. The minimum atomic E-state index is 0.762. The molecule has 0 amide bonds. The van der Waals surface area contributed by atoms with Gasteiger partial charge in [-0.1, -0.05) is 0 Å². The van der Waals surface area contributed by atoms with Crippen molar-refractivity contribution in [1.82, 2.24) is 9.80 Å². The van der Waals surface area contributed by atoms with Crippen molar-refractivity contribution in [2.45, 2.75) is 12.8 Å². The second-order valence-corrected chi connectivity index (χ2v) is 7.18. The van der Waals surface area contributed by atoms with E-state index in [4.69, 9.17) is 14.2 Å². The number of hydrogen-bond acceptors (Lipinski definition) is 6. The summed E-state index contributed by atoms with van der Waals surface area (Å²) in [5.41, 5.74) is 2.34. The fourth-order valence-electron chi connectivity index (χ4n) is 3.76. The molecule has 1 aromatic carbocycles. The van der Waals surface area contributed by atoms with Gasteiger partial charge in [-0.05, 0) is 38.1 Å². The number of morpholine rings is 1. The van der Waals surface area contributed by atoms with Crippen LogP contribution in [-0.4, -0.2) is 90.1 Å². The second-order valence-electron chi connectivity index (χ2n) is 7.18. The van der Waals surface area contributed by atoms with Crippen molar-refractivity contribution >= 4 is 5.69 Å². The third-order valence-electron chi connectivity index (χ3n) is 5.45. The first-order chi connectivity index (χ1) is 12.7. The number of rotatable bonds is 7. The summed E-state index contributed by atoms with van der Waals surface area (Å²) in [6, 6.07) is 4.29. The fourth-order valence-corrected chi connectivity index (χ4v) is 3.76. The summed E-state index contributed by atoms with van der Waals surface area (Å²) in [6.07, 6.45) is 2.15. The molecule has 0 aliphatic carbocycles. The Labute approximate surface area is 157 Å². The first-order valence-electron chi connectivity index (χ1n) is 9.69. The maximum Gasteiger partial charge on any atom is 0.142 e. The van der Waals surface area contributed by atoms with Crippen molar-refractivity contribution in [2.24, 2.45) is 0 Å². The molecule has 2 aliphatic heterocycles. The summed E-state index contributed by atoms with van der Waals surface area (Å²) in [7, 11) is 5.71. The van der Waals surface area contributed by atoms with E-state index in [1.54, 1.807) is 14.2 Å². The maximum absolute atomic E-state index is 5.70. The van der Waals surface area contributed by atoms with Crippen LogP contribution in [0.4, 0.5) is 5.69 Å². The van der Waals surface area contributed by atoms with Gasteiger partial charge in [-0.25, -0.2) is 0 Å². The zero-order valence-electron chi connectivity index (χ0n) is 16.5. The van der Waals surface area contributed by atoms with Crippen molar-refractivity contribution in [1.29, 1.82) is 0 Å². The van der Waals surface area contributed by atoms with Gasteiger partial charge in [0.1, 0.15) is 11.5 Å². The van der Waals surface area contributed by atoms with Gasteiger partial charge in [-0.2, -0.15) is 0 Å². The summed E-state index contributed by atoms with van der Waals surface area (Å²) >= 11 is 0. The molecule has 0 bridgehead atoms. The molecule has 0 radical (unpaired) electrons. The van der Waals surface area contributed by atoms with Gasteiger partial charge in [0, 0.05) is 45.3 Å². The van der Waals surface area contributed by atoms with Crippen LogP contribution in [0.15, 0.2) is 12.1 Å². The minimum Gasteiger partial charge on any atom is -0.496 e. The van der Waals surface area contributed by atoms with Gasteiger partial charge in [-0.15, -0.1) is 0 Å². The molecule has 1 aromatic rings. The quantitative estimate of drug-likeness (QED) is 0.734. The standard InChI is InChI=1S/C20H33N3O3/c1-21-7-9-22(10-8-21)6-4-5-17-15-20(25-3)18(16-19(17)24-2)23-11-13-26-14-12-23/h15-16H,4-14H2,1-3H3. The minimum absolute atomic E-state index is 0.762. The van der Waals surface area contributed by atoms with E-state index >= 15 is 0 Å². The number of methoxy groups -OCH3 is 2. The maximum atomic E-state index is 5.70. The van der Waals surface area contributed by atoms with Crippen molar-refractivity contribution in [3.05, 3.63) is 17.7 Å². The highest BCUT2D eigenvalue weighted by atomic mass is 16.5. The summed E-state index contributed by atoms with van der Waals surface area (Å²) in [5.74, 6) is 1.90. The van der Waals surface area contributed by atoms with Crippen LogP contribution in [0, 0.1) is 0 Å². The molecule has 2 aliphatic rings. The molecule has 26 heavy (non-hydrogen) atoms. The number of likely N-dealkylation sites (N-methyl/N-ethyl adjacent to an activating group) is 1. The molecule has 0 aromatic heterocycles. The molecule has 0 N–H and O–H groups in total. The summed E-state index contributed by atoms with van der Waals surface area (Å²) in [5, 5.41) is 0.